The average molecular weight is 679 g/mol. The lowest BCUT2D eigenvalue weighted by molar-refractivity contribution is -0.165. The lowest BCUT2D eigenvalue weighted by atomic mass is 9.94. The number of carbonyl (C=O) groups excluding carboxylic acids is 1. The van der Waals surface area contributed by atoms with Crippen LogP contribution >= 0.6 is 0 Å². The molecule has 2 atom stereocenters. The van der Waals surface area contributed by atoms with Crippen LogP contribution in [0.3, 0.4) is 0 Å². The molecule has 1 aliphatic carbocycles. The van der Waals surface area contributed by atoms with Crippen molar-refractivity contribution in [2.24, 2.45) is 0 Å². The van der Waals surface area contributed by atoms with Gasteiger partial charge in [0, 0.05) is 32.1 Å². The first-order chi connectivity index (χ1) is 24.0. The first-order valence-electron chi connectivity index (χ1n) is 17.5. The maximum Gasteiger partial charge on any atom is 0.408 e. The van der Waals surface area contributed by atoms with Crippen LogP contribution in [0.1, 0.15) is 75.8 Å². The van der Waals surface area contributed by atoms with E-state index in [0.29, 0.717) is 19.0 Å². The van der Waals surface area contributed by atoms with Crippen molar-refractivity contribution in [3.05, 3.63) is 125 Å². The molecule has 0 unspecified atom stereocenters. The molecular formula is C42H50N2O6. The molecule has 1 N–H and O–H groups in total. The summed E-state index contributed by atoms with van der Waals surface area (Å²) in [6.45, 7) is 12.7. The summed E-state index contributed by atoms with van der Waals surface area (Å²) in [4.78, 5) is 31.7. The number of ether oxygens (including phenoxy) is 3. The highest BCUT2D eigenvalue weighted by molar-refractivity contribution is 5.87. The van der Waals surface area contributed by atoms with Crippen molar-refractivity contribution in [3.63, 3.8) is 0 Å². The molecule has 0 radical (unpaired) electrons. The van der Waals surface area contributed by atoms with Gasteiger partial charge in [-0.25, -0.2) is 4.79 Å². The Morgan fingerprint density at radius 3 is 1.82 bits per heavy atom. The minimum absolute atomic E-state index is 0.110. The van der Waals surface area contributed by atoms with Crippen LogP contribution in [0.2, 0.25) is 0 Å². The molecule has 0 saturated carbocycles. The summed E-state index contributed by atoms with van der Waals surface area (Å²) in [5.74, 6) is 0.146. The zero-order valence-electron chi connectivity index (χ0n) is 30.0. The van der Waals surface area contributed by atoms with E-state index in [1.807, 2.05) is 120 Å². The normalized spacial score (nSPS) is 13.7. The van der Waals surface area contributed by atoms with Gasteiger partial charge < -0.3 is 24.2 Å². The highest BCUT2D eigenvalue weighted by atomic mass is 16.7. The standard InChI is InChI=1S/C42H50N2O6/c1-7-48-39(49-8-2)28-43(29(3)31-16-10-9-11-17-31)40(45)38(26-30-22-24-32(25-23-30)50-42(4,5)6)44(41(46)47)27-37-35-20-14-12-18-33(35)34-19-13-15-21-36(34)37/h9-25,29,37-39H,7-8,26-28H2,1-6H3,(H,46,47)/t29-,38+/m1/s1. The second kappa shape index (κ2) is 16.4. The second-order valence-corrected chi connectivity index (χ2v) is 13.7. The zero-order chi connectivity index (χ0) is 35.8. The van der Waals surface area contributed by atoms with E-state index in [1.54, 1.807) is 4.90 Å². The quantitative estimate of drug-likeness (QED) is 0.127. The molecule has 0 saturated heterocycles. The molecular weight excluding hydrogens is 628 g/mol. The van der Waals surface area contributed by atoms with Crippen molar-refractivity contribution in [2.75, 3.05) is 26.3 Å². The number of amides is 2. The molecule has 1 aliphatic rings. The van der Waals surface area contributed by atoms with Crippen molar-refractivity contribution in [2.45, 2.75) is 77.9 Å². The number of nitrogens with zero attached hydrogens (tertiary/aromatic N) is 2. The number of fused-ring (bicyclic) bond motifs is 3. The Morgan fingerprint density at radius 2 is 1.30 bits per heavy atom. The van der Waals surface area contributed by atoms with Gasteiger partial charge in [-0.1, -0.05) is 91.0 Å². The second-order valence-electron chi connectivity index (χ2n) is 13.7. The maximum atomic E-state index is 15.2. The summed E-state index contributed by atoms with van der Waals surface area (Å²) in [7, 11) is 0. The largest absolute Gasteiger partial charge is 0.488 e. The minimum atomic E-state index is -1.16. The third kappa shape index (κ3) is 8.73. The fourth-order valence-electron chi connectivity index (χ4n) is 6.82. The molecule has 0 spiro atoms. The number of rotatable bonds is 15. The van der Waals surface area contributed by atoms with Crippen molar-refractivity contribution in [1.29, 1.82) is 0 Å². The summed E-state index contributed by atoms with van der Waals surface area (Å²) in [6.07, 6.45) is -1.67. The summed E-state index contributed by atoms with van der Waals surface area (Å²) < 4.78 is 17.9. The Morgan fingerprint density at radius 1 is 0.760 bits per heavy atom. The molecule has 0 heterocycles. The van der Waals surface area contributed by atoms with Crippen molar-refractivity contribution in [3.8, 4) is 16.9 Å². The summed E-state index contributed by atoms with van der Waals surface area (Å²) in [5, 5.41) is 11.0. The number of carboxylic acid groups (broad SMARTS) is 1. The molecule has 5 rings (SSSR count). The van der Waals surface area contributed by atoms with E-state index in [1.165, 1.54) is 4.90 Å². The summed E-state index contributed by atoms with van der Waals surface area (Å²) in [5.41, 5.74) is 5.66. The van der Waals surface area contributed by atoms with Crippen LogP contribution in [0.15, 0.2) is 103 Å². The van der Waals surface area contributed by atoms with Gasteiger partial charge in [-0.3, -0.25) is 9.69 Å². The third-order valence-corrected chi connectivity index (χ3v) is 9.11. The van der Waals surface area contributed by atoms with Crippen LogP contribution in [-0.2, 0) is 20.7 Å². The molecule has 50 heavy (non-hydrogen) atoms. The van der Waals surface area contributed by atoms with Crippen LogP contribution < -0.4 is 4.74 Å². The van der Waals surface area contributed by atoms with E-state index in [2.05, 4.69) is 24.3 Å². The van der Waals surface area contributed by atoms with E-state index >= 15 is 4.79 Å². The van der Waals surface area contributed by atoms with Gasteiger partial charge in [0.05, 0.1) is 12.6 Å². The van der Waals surface area contributed by atoms with Crippen LogP contribution in [0.25, 0.3) is 11.1 Å². The lowest BCUT2D eigenvalue weighted by Crippen LogP contribution is -2.54. The number of carbonyl (C=O) groups is 2. The van der Waals surface area contributed by atoms with E-state index < -0.39 is 18.4 Å². The van der Waals surface area contributed by atoms with Crippen molar-refractivity contribution >= 4 is 12.0 Å². The summed E-state index contributed by atoms with van der Waals surface area (Å²) in [6, 6.07) is 32.2. The molecule has 264 valence electrons. The fraction of sp³-hybridized carbons (Fsp3) is 0.381. The van der Waals surface area contributed by atoms with Gasteiger partial charge in [-0.05, 0) is 87.1 Å². The van der Waals surface area contributed by atoms with Gasteiger partial charge in [0.1, 0.15) is 17.4 Å². The van der Waals surface area contributed by atoms with Gasteiger partial charge in [-0.15, -0.1) is 0 Å². The van der Waals surface area contributed by atoms with Gasteiger partial charge in [-0.2, -0.15) is 0 Å². The highest BCUT2D eigenvalue weighted by Crippen LogP contribution is 2.45. The van der Waals surface area contributed by atoms with Gasteiger partial charge in [0.25, 0.3) is 0 Å². The molecule has 0 aromatic heterocycles. The number of hydrogen-bond donors (Lipinski definition) is 1. The molecule has 0 bridgehead atoms. The van der Waals surface area contributed by atoms with Gasteiger partial charge >= 0.3 is 6.09 Å². The zero-order valence-corrected chi connectivity index (χ0v) is 30.0. The topological polar surface area (TPSA) is 88.5 Å². The Kier molecular flexibility index (Phi) is 12.0. The van der Waals surface area contributed by atoms with Crippen LogP contribution in [0, 0.1) is 0 Å². The number of hydrogen-bond acceptors (Lipinski definition) is 5. The van der Waals surface area contributed by atoms with Gasteiger partial charge in [0.15, 0.2) is 6.29 Å². The van der Waals surface area contributed by atoms with E-state index in [0.717, 1.165) is 33.4 Å². The van der Waals surface area contributed by atoms with Crippen LogP contribution in [-0.4, -0.2) is 71.1 Å². The Balaban J connectivity index is 1.57. The molecule has 0 fully saturated rings. The monoisotopic (exact) mass is 678 g/mol. The smallest absolute Gasteiger partial charge is 0.408 e. The minimum Gasteiger partial charge on any atom is -0.488 e. The molecule has 4 aromatic carbocycles. The van der Waals surface area contributed by atoms with E-state index in [4.69, 9.17) is 14.2 Å². The predicted octanol–water partition coefficient (Wildman–Crippen LogP) is 8.56. The third-order valence-electron chi connectivity index (χ3n) is 9.11. The van der Waals surface area contributed by atoms with Crippen LogP contribution in [0.4, 0.5) is 4.79 Å². The Labute approximate surface area is 296 Å². The lowest BCUT2D eigenvalue weighted by Gasteiger charge is -2.39. The Bertz CT molecular complexity index is 1670. The van der Waals surface area contributed by atoms with Crippen LogP contribution in [0.5, 0.6) is 5.75 Å². The van der Waals surface area contributed by atoms with E-state index in [-0.39, 0.29) is 43.0 Å². The van der Waals surface area contributed by atoms with E-state index in [9.17, 15) is 9.90 Å². The first-order valence-corrected chi connectivity index (χ1v) is 17.5. The Hall–Kier alpha value is -4.66. The van der Waals surface area contributed by atoms with Crippen molar-refractivity contribution in [1.82, 2.24) is 9.80 Å². The molecule has 8 nitrogen and oxygen atoms in total. The number of benzene rings is 4. The first kappa shape index (κ1) is 36.6. The highest BCUT2D eigenvalue weighted by Gasteiger charge is 2.40. The van der Waals surface area contributed by atoms with Crippen molar-refractivity contribution < 1.29 is 28.9 Å². The fourth-order valence-corrected chi connectivity index (χ4v) is 6.82. The molecule has 4 aromatic rings. The molecule has 0 aliphatic heterocycles. The summed E-state index contributed by atoms with van der Waals surface area (Å²) >= 11 is 0. The van der Waals surface area contributed by atoms with Gasteiger partial charge in [0.2, 0.25) is 5.91 Å². The molecule has 8 heteroatoms. The molecule has 2 amide bonds. The SMILES string of the molecule is CCOC(CN(C(=O)[C@H](Cc1ccc(OC(C)(C)C)cc1)N(CC1c2ccccc2-c2ccccc21)C(=O)O)[C@H](C)c1ccccc1)OCC. The predicted molar refractivity (Wildman–Crippen MR) is 196 cm³/mol. The average Bonchev–Trinajstić information content (AvgIpc) is 3.42. The maximum absolute atomic E-state index is 15.2.